The molecule has 1 fully saturated rings. The Morgan fingerprint density at radius 3 is 2.47 bits per heavy atom. The summed E-state index contributed by atoms with van der Waals surface area (Å²) in [6.45, 7) is 7.16. The van der Waals surface area contributed by atoms with Crippen molar-refractivity contribution >= 4 is 18.3 Å². The van der Waals surface area contributed by atoms with Gasteiger partial charge in [-0.3, -0.25) is 4.79 Å². The van der Waals surface area contributed by atoms with Crippen LogP contribution in [0.25, 0.3) is 0 Å². The van der Waals surface area contributed by atoms with Gasteiger partial charge in [0.05, 0.1) is 0 Å². The van der Waals surface area contributed by atoms with Crippen molar-refractivity contribution in [2.24, 2.45) is 11.8 Å². The van der Waals surface area contributed by atoms with E-state index in [-0.39, 0.29) is 18.3 Å². The lowest BCUT2D eigenvalue weighted by atomic mass is 9.92. The number of nitrogens with zero attached hydrogens (tertiary/aromatic N) is 1. The van der Waals surface area contributed by atoms with Gasteiger partial charge in [-0.1, -0.05) is 13.8 Å². The maximum Gasteiger partial charge on any atom is 0.225 e. The van der Waals surface area contributed by atoms with E-state index in [1.54, 1.807) is 0 Å². The first-order chi connectivity index (χ1) is 7.69. The quantitative estimate of drug-likeness (QED) is 0.825. The summed E-state index contributed by atoms with van der Waals surface area (Å²) in [5.74, 6) is 1.37. The van der Waals surface area contributed by atoms with Crippen molar-refractivity contribution in [1.82, 2.24) is 10.2 Å². The molecule has 4 heteroatoms. The normalized spacial score (nSPS) is 18.6. The van der Waals surface area contributed by atoms with Crippen molar-refractivity contribution in [3.63, 3.8) is 0 Å². The molecule has 1 aliphatic rings. The number of rotatable bonds is 5. The Bertz CT molecular complexity index is 215. The lowest BCUT2D eigenvalue weighted by Crippen LogP contribution is -2.41. The smallest absolute Gasteiger partial charge is 0.225 e. The number of nitrogens with one attached hydrogen (secondary N) is 1. The van der Waals surface area contributed by atoms with Crippen LogP contribution in [0.3, 0.4) is 0 Å². The second-order valence-electron chi connectivity index (χ2n) is 4.97. The molecule has 1 unspecified atom stereocenters. The van der Waals surface area contributed by atoms with Gasteiger partial charge < -0.3 is 10.2 Å². The van der Waals surface area contributed by atoms with Gasteiger partial charge in [0.1, 0.15) is 0 Å². The fourth-order valence-corrected chi connectivity index (χ4v) is 2.28. The Morgan fingerprint density at radius 1 is 1.41 bits per heavy atom. The van der Waals surface area contributed by atoms with E-state index >= 15 is 0 Å². The van der Waals surface area contributed by atoms with E-state index in [4.69, 9.17) is 0 Å². The highest BCUT2D eigenvalue weighted by Crippen LogP contribution is 2.21. The largest absolute Gasteiger partial charge is 0.342 e. The van der Waals surface area contributed by atoms with E-state index in [1.165, 1.54) is 19.3 Å². The third-order valence-corrected chi connectivity index (χ3v) is 3.76. The topological polar surface area (TPSA) is 32.3 Å². The van der Waals surface area contributed by atoms with Crippen LogP contribution in [0.15, 0.2) is 0 Å². The molecule has 1 heterocycles. The number of carbonyl (C=O) groups is 1. The number of likely N-dealkylation sites (tertiary alicyclic amines) is 1. The Hall–Kier alpha value is -0.280. The SMILES string of the molecule is CCC(C)C(=O)N1CCC(CCNC)CC1.Cl. The molecule has 3 nitrogen and oxygen atoms in total. The number of carbonyl (C=O) groups excluding carboxylic acids is 1. The molecule has 0 saturated carbocycles. The molecule has 1 aliphatic heterocycles. The maximum absolute atomic E-state index is 12.0. The fourth-order valence-electron chi connectivity index (χ4n) is 2.28. The van der Waals surface area contributed by atoms with Crippen LogP contribution >= 0.6 is 12.4 Å². The lowest BCUT2D eigenvalue weighted by molar-refractivity contribution is -0.136. The van der Waals surface area contributed by atoms with Crippen LogP contribution in [0.4, 0.5) is 0 Å². The van der Waals surface area contributed by atoms with Crippen molar-refractivity contribution in [3.8, 4) is 0 Å². The van der Waals surface area contributed by atoms with E-state index in [9.17, 15) is 4.79 Å². The summed E-state index contributed by atoms with van der Waals surface area (Å²) in [5, 5.41) is 3.20. The third kappa shape index (κ3) is 5.26. The zero-order chi connectivity index (χ0) is 12.0. The first-order valence-corrected chi connectivity index (χ1v) is 6.62. The van der Waals surface area contributed by atoms with Crippen molar-refractivity contribution in [2.45, 2.75) is 39.5 Å². The van der Waals surface area contributed by atoms with Gasteiger partial charge in [0.25, 0.3) is 0 Å². The number of hydrogen-bond acceptors (Lipinski definition) is 2. The number of halogens is 1. The summed E-state index contributed by atoms with van der Waals surface area (Å²) in [4.78, 5) is 14.0. The van der Waals surface area contributed by atoms with E-state index in [2.05, 4.69) is 17.1 Å². The van der Waals surface area contributed by atoms with Crippen LogP contribution in [-0.2, 0) is 4.79 Å². The molecule has 0 radical (unpaired) electrons. The van der Waals surface area contributed by atoms with Crippen LogP contribution in [0.2, 0.25) is 0 Å². The highest BCUT2D eigenvalue weighted by molar-refractivity contribution is 5.85. The molecule has 102 valence electrons. The first-order valence-electron chi connectivity index (χ1n) is 6.62. The summed E-state index contributed by atoms with van der Waals surface area (Å²) in [5.41, 5.74) is 0. The predicted molar refractivity (Wildman–Crippen MR) is 74.6 cm³/mol. The molecular weight excluding hydrogens is 236 g/mol. The Balaban J connectivity index is 0.00000256. The summed E-state index contributed by atoms with van der Waals surface area (Å²) < 4.78 is 0. The fraction of sp³-hybridized carbons (Fsp3) is 0.923. The zero-order valence-electron chi connectivity index (χ0n) is 11.4. The molecule has 1 amide bonds. The second kappa shape index (κ2) is 8.76. The van der Waals surface area contributed by atoms with E-state index in [0.717, 1.165) is 32.0 Å². The van der Waals surface area contributed by atoms with E-state index in [1.807, 2.05) is 14.0 Å². The van der Waals surface area contributed by atoms with Crippen molar-refractivity contribution < 1.29 is 4.79 Å². The summed E-state index contributed by atoms with van der Waals surface area (Å²) >= 11 is 0. The highest BCUT2D eigenvalue weighted by Gasteiger charge is 2.24. The molecule has 1 N–H and O–H groups in total. The number of hydrogen-bond donors (Lipinski definition) is 1. The average Bonchev–Trinajstić information content (AvgIpc) is 2.35. The van der Waals surface area contributed by atoms with Gasteiger partial charge >= 0.3 is 0 Å². The number of piperidine rings is 1. The molecule has 0 aromatic rings. The highest BCUT2D eigenvalue weighted by atomic mass is 35.5. The summed E-state index contributed by atoms with van der Waals surface area (Å²) in [6.07, 6.45) is 4.58. The lowest BCUT2D eigenvalue weighted by Gasteiger charge is -2.33. The van der Waals surface area contributed by atoms with Gasteiger partial charge in [0, 0.05) is 19.0 Å². The molecule has 0 bridgehead atoms. The van der Waals surface area contributed by atoms with Gasteiger partial charge in [-0.25, -0.2) is 0 Å². The van der Waals surface area contributed by atoms with Crippen molar-refractivity contribution in [3.05, 3.63) is 0 Å². The molecule has 1 atom stereocenters. The van der Waals surface area contributed by atoms with Gasteiger partial charge in [-0.05, 0) is 45.2 Å². The zero-order valence-corrected chi connectivity index (χ0v) is 12.2. The molecule has 0 aromatic carbocycles. The van der Waals surface area contributed by atoms with Gasteiger partial charge in [0.2, 0.25) is 5.91 Å². The van der Waals surface area contributed by atoms with Gasteiger partial charge in [-0.2, -0.15) is 0 Å². The monoisotopic (exact) mass is 262 g/mol. The number of amides is 1. The van der Waals surface area contributed by atoms with Crippen LogP contribution in [0, 0.1) is 11.8 Å². The minimum absolute atomic E-state index is 0. The predicted octanol–water partition coefficient (Wildman–Crippen LogP) is 2.30. The van der Waals surface area contributed by atoms with E-state index in [0.29, 0.717) is 5.91 Å². The third-order valence-electron chi connectivity index (χ3n) is 3.76. The molecule has 0 aromatic heterocycles. The first kappa shape index (κ1) is 16.7. The van der Waals surface area contributed by atoms with Crippen LogP contribution in [0.5, 0.6) is 0 Å². The molecule has 0 spiro atoms. The Labute approximate surface area is 112 Å². The molecule has 17 heavy (non-hydrogen) atoms. The maximum atomic E-state index is 12.0. The standard InChI is InChI=1S/C13H26N2O.ClH/c1-4-11(2)13(16)15-9-6-12(7-10-15)5-8-14-3;/h11-12,14H,4-10H2,1-3H3;1H. The summed E-state index contributed by atoms with van der Waals surface area (Å²) in [7, 11) is 2.00. The average molecular weight is 263 g/mol. The minimum atomic E-state index is 0. The van der Waals surface area contributed by atoms with Gasteiger partial charge in [0.15, 0.2) is 0 Å². The molecule has 1 saturated heterocycles. The Kier molecular flexibility index (Phi) is 8.61. The van der Waals surface area contributed by atoms with Crippen LogP contribution in [0.1, 0.15) is 39.5 Å². The van der Waals surface area contributed by atoms with E-state index < -0.39 is 0 Å². The van der Waals surface area contributed by atoms with Crippen LogP contribution in [-0.4, -0.2) is 37.5 Å². The minimum Gasteiger partial charge on any atom is -0.342 e. The second-order valence-corrected chi connectivity index (χ2v) is 4.97. The molecule has 0 aliphatic carbocycles. The summed E-state index contributed by atoms with van der Waals surface area (Å²) in [6, 6.07) is 0. The van der Waals surface area contributed by atoms with Crippen molar-refractivity contribution in [2.75, 3.05) is 26.7 Å². The van der Waals surface area contributed by atoms with Crippen molar-refractivity contribution in [1.29, 1.82) is 0 Å². The Morgan fingerprint density at radius 2 is 2.00 bits per heavy atom. The molecule has 1 rings (SSSR count). The van der Waals surface area contributed by atoms with Crippen LogP contribution < -0.4 is 5.32 Å². The van der Waals surface area contributed by atoms with Gasteiger partial charge in [-0.15, -0.1) is 12.4 Å². The molecular formula is C13H27ClN2O.